The van der Waals surface area contributed by atoms with Crippen LogP contribution in [0.2, 0.25) is 0 Å². The summed E-state index contributed by atoms with van der Waals surface area (Å²) in [5.41, 5.74) is 4.53. The van der Waals surface area contributed by atoms with Crippen LogP contribution in [-0.4, -0.2) is 29.2 Å². The maximum Gasteiger partial charge on any atom is 0.309 e. The van der Waals surface area contributed by atoms with Gasteiger partial charge in [-0.15, -0.1) is 0 Å². The van der Waals surface area contributed by atoms with Crippen LogP contribution in [0.4, 0.5) is 5.69 Å². The Kier molecular flexibility index (Phi) is 12.0. The first kappa shape index (κ1) is 29.6. The van der Waals surface area contributed by atoms with E-state index in [1.54, 1.807) is 0 Å². The lowest BCUT2D eigenvalue weighted by molar-refractivity contribution is -0.149. The minimum Gasteiger partial charge on any atom is -0.481 e. The van der Waals surface area contributed by atoms with E-state index in [4.69, 9.17) is 9.72 Å². The SMILES string of the molecule is CCC(CC)(CCNc1cccc(C=Cc2cccc(COCCCCc3ccc(Br)cc3)n2)c1)C(=O)O. The molecule has 0 fully saturated rings. The topological polar surface area (TPSA) is 71.5 Å². The van der Waals surface area contributed by atoms with Gasteiger partial charge in [0.05, 0.1) is 23.4 Å². The summed E-state index contributed by atoms with van der Waals surface area (Å²) < 4.78 is 6.97. The normalized spacial score (nSPS) is 11.7. The van der Waals surface area contributed by atoms with Crippen LogP contribution in [0, 0.1) is 5.41 Å². The number of ether oxygens (including phenoxy) is 1. The molecular formula is C32H39BrN2O3. The Morgan fingerprint density at radius 3 is 2.53 bits per heavy atom. The van der Waals surface area contributed by atoms with E-state index in [1.807, 2.05) is 62.4 Å². The molecule has 3 aromatic rings. The van der Waals surface area contributed by atoms with Gasteiger partial charge in [-0.1, -0.05) is 66.2 Å². The number of hydrogen-bond acceptors (Lipinski definition) is 4. The molecule has 0 unspecified atom stereocenters. The Morgan fingerprint density at radius 1 is 1.03 bits per heavy atom. The number of rotatable bonds is 16. The first-order valence-corrected chi connectivity index (χ1v) is 14.3. The summed E-state index contributed by atoms with van der Waals surface area (Å²) in [6.07, 6.45) is 9.09. The third-order valence-electron chi connectivity index (χ3n) is 7.07. The van der Waals surface area contributed by atoms with Gasteiger partial charge < -0.3 is 15.2 Å². The van der Waals surface area contributed by atoms with E-state index in [0.717, 1.165) is 53.0 Å². The number of unbranched alkanes of at least 4 members (excludes halogenated alkanes) is 1. The maximum absolute atomic E-state index is 11.7. The summed E-state index contributed by atoms with van der Waals surface area (Å²) >= 11 is 3.47. The molecule has 1 heterocycles. The van der Waals surface area contributed by atoms with Crippen molar-refractivity contribution in [1.82, 2.24) is 4.98 Å². The molecule has 0 radical (unpaired) electrons. The zero-order valence-corrected chi connectivity index (χ0v) is 24.0. The highest BCUT2D eigenvalue weighted by Crippen LogP contribution is 2.31. The summed E-state index contributed by atoms with van der Waals surface area (Å²) in [6.45, 7) is 5.75. The molecule has 0 bridgehead atoms. The number of carboxylic acid groups (broad SMARTS) is 1. The van der Waals surface area contributed by atoms with Crippen molar-refractivity contribution < 1.29 is 14.6 Å². The standard InChI is InChI=1S/C32H39BrN2O3/c1-3-32(4-2,31(36)37)20-21-34-29-12-7-10-26(23-29)16-19-28-11-8-13-30(35-28)24-38-22-6-5-9-25-14-17-27(33)18-15-25/h7-8,10-19,23,34H,3-6,9,20-22,24H2,1-2H3,(H,36,37). The Hall–Kier alpha value is -2.96. The molecule has 2 N–H and O–H groups in total. The molecule has 5 nitrogen and oxygen atoms in total. The first-order valence-electron chi connectivity index (χ1n) is 13.5. The van der Waals surface area contributed by atoms with E-state index in [1.165, 1.54) is 5.56 Å². The van der Waals surface area contributed by atoms with Crippen LogP contribution < -0.4 is 5.32 Å². The lowest BCUT2D eigenvalue weighted by Crippen LogP contribution is -2.31. The maximum atomic E-state index is 11.7. The number of nitrogens with zero attached hydrogens (tertiary/aromatic N) is 1. The molecule has 0 aliphatic heterocycles. The molecule has 0 saturated heterocycles. The molecule has 0 spiro atoms. The molecule has 38 heavy (non-hydrogen) atoms. The summed E-state index contributed by atoms with van der Waals surface area (Å²) in [6, 6.07) is 22.6. The Morgan fingerprint density at radius 2 is 1.79 bits per heavy atom. The van der Waals surface area contributed by atoms with Gasteiger partial charge >= 0.3 is 5.97 Å². The van der Waals surface area contributed by atoms with E-state index in [9.17, 15) is 9.90 Å². The number of aliphatic carboxylic acids is 1. The van der Waals surface area contributed by atoms with E-state index in [2.05, 4.69) is 51.6 Å². The molecule has 2 aromatic carbocycles. The molecule has 0 amide bonds. The molecule has 0 aliphatic rings. The fraction of sp³-hybridized carbons (Fsp3) is 0.375. The number of aryl methyl sites for hydroxylation is 1. The van der Waals surface area contributed by atoms with Gasteiger partial charge in [-0.3, -0.25) is 9.78 Å². The summed E-state index contributed by atoms with van der Waals surface area (Å²) in [5, 5.41) is 13.0. The first-order chi connectivity index (χ1) is 18.4. The molecule has 1 aromatic heterocycles. The molecule has 202 valence electrons. The van der Waals surface area contributed by atoms with Crippen LogP contribution in [0.5, 0.6) is 0 Å². The van der Waals surface area contributed by atoms with Gasteiger partial charge in [0.1, 0.15) is 0 Å². The van der Waals surface area contributed by atoms with Crippen LogP contribution in [0.15, 0.2) is 71.2 Å². The zero-order chi connectivity index (χ0) is 27.2. The van der Waals surface area contributed by atoms with Gasteiger partial charge in [0, 0.05) is 23.3 Å². The highest BCUT2D eigenvalue weighted by Gasteiger charge is 2.34. The third kappa shape index (κ3) is 9.41. The van der Waals surface area contributed by atoms with Crippen molar-refractivity contribution in [3.63, 3.8) is 0 Å². The van der Waals surface area contributed by atoms with Crippen molar-refractivity contribution in [2.24, 2.45) is 5.41 Å². The van der Waals surface area contributed by atoms with Crippen molar-refractivity contribution in [2.45, 2.75) is 59.0 Å². The number of carbonyl (C=O) groups is 1. The fourth-order valence-electron chi connectivity index (χ4n) is 4.43. The van der Waals surface area contributed by atoms with E-state index in [0.29, 0.717) is 32.4 Å². The average Bonchev–Trinajstić information content (AvgIpc) is 2.93. The van der Waals surface area contributed by atoms with Crippen molar-refractivity contribution in [3.05, 3.63) is 93.7 Å². The lowest BCUT2D eigenvalue weighted by Gasteiger charge is -2.26. The van der Waals surface area contributed by atoms with Crippen molar-refractivity contribution in [2.75, 3.05) is 18.5 Å². The monoisotopic (exact) mass is 578 g/mol. The fourth-order valence-corrected chi connectivity index (χ4v) is 4.69. The predicted octanol–water partition coefficient (Wildman–Crippen LogP) is 8.25. The number of nitrogens with one attached hydrogen (secondary N) is 1. The number of aromatic nitrogens is 1. The summed E-state index contributed by atoms with van der Waals surface area (Å²) in [7, 11) is 0. The number of halogens is 1. The molecule has 0 atom stereocenters. The molecule has 0 saturated carbocycles. The minimum atomic E-state index is -0.710. The van der Waals surface area contributed by atoms with Gasteiger partial charge in [-0.2, -0.15) is 0 Å². The van der Waals surface area contributed by atoms with E-state index >= 15 is 0 Å². The Labute approximate surface area is 235 Å². The van der Waals surface area contributed by atoms with Gasteiger partial charge in [-0.25, -0.2) is 0 Å². The number of carboxylic acids is 1. The quantitative estimate of drug-likeness (QED) is 0.167. The van der Waals surface area contributed by atoms with Crippen molar-refractivity contribution in [3.8, 4) is 0 Å². The summed E-state index contributed by atoms with van der Waals surface area (Å²) in [5.74, 6) is -0.710. The lowest BCUT2D eigenvalue weighted by atomic mass is 9.79. The van der Waals surface area contributed by atoms with Gasteiger partial charge in [0.25, 0.3) is 0 Å². The minimum absolute atomic E-state index is 0.507. The molecule has 0 aliphatic carbocycles. The van der Waals surface area contributed by atoms with Gasteiger partial charge in [-0.05, 0) is 92.1 Å². The highest BCUT2D eigenvalue weighted by atomic mass is 79.9. The van der Waals surface area contributed by atoms with Crippen LogP contribution >= 0.6 is 15.9 Å². The molecular weight excluding hydrogens is 540 g/mol. The number of hydrogen-bond donors (Lipinski definition) is 2. The second-order valence-corrected chi connectivity index (χ2v) is 10.5. The van der Waals surface area contributed by atoms with Crippen LogP contribution in [0.25, 0.3) is 12.2 Å². The van der Waals surface area contributed by atoms with E-state index < -0.39 is 11.4 Å². The zero-order valence-electron chi connectivity index (χ0n) is 22.5. The Bertz CT molecular complexity index is 1170. The smallest absolute Gasteiger partial charge is 0.309 e. The number of benzene rings is 2. The highest BCUT2D eigenvalue weighted by molar-refractivity contribution is 9.10. The van der Waals surface area contributed by atoms with Gasteiger partial charge in [0.2, 0.25) is 0 Å². The molecule has 3 rings (SSSR count). The predicted molar refractivity (Wildman–Crippen MR) is 160 cm³/mol. The third-order valence-corrected chi connectivity index (χ3v) is 7.60. The van der Waals surface area contributed by atoms with E-state index in [-0.39, 0.29) is 0 Å². The second-order valence-electron chi connectivity index (χ2n) is 9.62. The number of pyridine rings is 1. The largest absolute Gasteiger partial charge is 0.481 e. The van der Waals surface area contributed by atoms with Crippen molar-refractivity contribution >= 4 is 39.7 Å². The van der Waals surface area contributed by atoms with Crippen LogP contribution in [0.3, 0.4) is 0 Å². The van der Waals surface area contributed by atoms with Gasteiger partial charge in [0.15, 0.2) is 0 Å². The second kappa shape index (κ2) is 15.5. The van der Waals surface area contributed by atoms with Crippen molar-refractivity contribution in [1.29, 1.82) is 0 Å². The Balaban J connectivity index is 1.44. The van der Waals surface area contributed by atoms with Crippen LogP contribution in [0.1, 0.15) is 68.5 Å². The average molecular weight is 580 g/mol. The number of anilines is 1. The molecule has 6 heteroatoms. The summed E-state index contributed by atoms with van der Waals surface area (Å²) in [4.78, 5) is 16.4. The van der Waals surface area contributed by atoms with Crippen LogP contribution in [-0.2, 0) is 22.6 Å².